The average molecular weight is 345 g/mol. The van der Waals surface area contributed by atoms with Crippen LogP contribution in [0.25, 0.3) is 16.8 Å². The summed E-state index contributed by atoms with van der Waals surface area (Å²) in [6, 6.07) is 5.78. The summed E-state index contributed by atoms with van der Waals surface area (Å²) in [6.07, 6.45) is 4.03. The van der Waals surface area contributed by atoms with Crippen LogP contribution in [0.3, 0.4) is 0 Å². The normalized spacial score (nSPS) is 11.2. The Hall–Kier alpha value is -2.25. The first-order chi connectivity index (χ1) is 11.2. The van der Waals surface area contributed by atoms with Gasteiger partial charge in [0.15, 0.2) is 0 Å². The van der Waals surface area contributed by atoms with Gasteiger partial charge in [-0.2, -0.15) is 0 Å². The van der Waals surface area contributed by atoms with E-state index < -0.39 is 0 Å². The fraction of sp³-hybridized carbons (Fsp3) is 0.188. The van der Waals surface area contributed by atoms with E-state index in [0.717, 1.165) is 20.3 Å². The highest BCUT2D eigenvalue weighted by Gasteiger charge is 2.14. The van der Waals surface area contributed by atoms with E-state index in [1.54, 1.807) is 17.4 Å². The van der Waals surface area contributed by atoms with Crippen LogP contribution in [-0.4, -0.2) is 16.1 Å². The summed E-state index contributed by atoms with van der Waals surface area (Å²) in [5, 5.41) is 12.8. The number of hydrogen-bond donors (Lipinski definition) is 1. The molecule has 3 aromatic rings. The van der Waals surface area contributed by atoms with Crippen LogP contribution in [-0.2, 0) is 11.2 Å². The van der Waals surface area contributed by atoms with Crippen molar-refractivity contribution in [1.82, 2.24) is 10.2 Å². The SMILES string of the molecule is CCc1nnc(-c2cc(NC(=O)C=Cc3cccs3)c(C)s2)o1. The Morgan fingerprint density at radius 1 is 1.43 bits per heavy atom. The van der Waals surface area contributed by atoms with Gasteiger partial charge in [-0.15, -0.1) is 32.9 Å². The molecule has 0 fully saturated rings. The van der Waals surface area contributed by atoms with Crippen molar-refractivity contribution in [3.8, 4) is 10.8 Å². The molecule has 5 nitrogen and oxygen atoms in total. The van der Waals surface area contributed by atoms with E-state index in [0.29, 0.717) is 18.2 Å². The third kappa shape index (κ3) is 3.75. The molecule has 0 aliphatic heterocycles. The second-order valence-corrected chi connectivity index (χ2v) is 7.01. The highest BCUT2D eigenvalue weighted by Crippen LogP contribution is 2.33. The molecule has 0 saturated heterocycles. The first kappa shape index (κ1) is 15.6. The number of hydrogen-bond acceptors (Lipinski definition) is 6. The molecule has 0 saturated carbocycles. The first-order valence-corrected chi connectivity index (χ1v) is 8.81. The zero-order chi connectivity index (χ0) is 16.2. The summed E-state index contributed by atoms with van der Waals surface area (Å²) in [6.45, 7) is 3.91. The smallest absolute Gasteiger partial charge is 0.257 e. The fourth-order valence-electron chi connectivity index (χ4n) is 1.93. The number of nitrogens with one attached hydrogen (secondary N) is 1. The molecular formula is C16H15N3O2S2. The molecule has 0 unspecified atom stereocenters. The van der Waals surface area contributed by atoms with Crippen molar-refractivity contribution in [1.29, 1.82) is 0 Å². The van der Waals surface area contributed by atoms with E-state index in [9.17, 15) is 4.79 Å². The highest BCUT2D eigenvalue weighted by molar-refractivity contribution is 7.16. The van der Waals surface area contributed by atoms with Crippen molar-refractivity contribution in [2.45, 2.75) is 20.3 Å². The van der Waals surface area contributed by atoms with Crippen molar-refractivity contribution >= 4 is 40.3 Å². The molecule has 1 amide bonds. The monoisotopic (exact) mass is 345 g/mol. The third-order valence-electron chi connectivity index (χ3n) is 3.10. The Morgan fingerprint density at radius 2 is 2.30 bits per heavy atom. The molecule has 3 rings (SSSR count). The van der Waals surface area contributed by atoms with Gasteiger partial charge in [-0.25, -0.2) is 0 Å². The average Bonchev–Trinajstić information content (AvgIpc) is 3.26. The van der Waals surface area contributed by atoms with Gasteiger partial charge in [-0.3, -0.25) is 4.79 Å². The van der Waals surface area contributed by atoms with Gasteiger partial charge in [0.05, 0.1) is 10.6 Å². The second-order valence-electron chi connectivity index (χ2n) is 4.77. The van der Waals surface area contributed by atoms with Crippen molar-refractivity contribution in [3.05, 3.63) is 45.3 Å². The molecule has 0 aliphatic carbocycles. The number of rotatable bonds is 5. The van der Waals surface area contributed by atoms with Gasteiger partial charge in [0.2, 0.25) is 11.8 Å². The van der Waals surface area contributed by atoms with E-state index in [1.165, 1.54) is 17.4 Å². The van der Waals surface area contributed by atoms with E-state index >= 15 is 0 Å². The summed E-state index contributed by atoms with van der Waals surface area (Å²) in [5.41, 5.74) is 0.766. The number of thiophene rings is 2. The molecule has 3 heterocycles. The Balaban J connectivity index is 1.72. The van der Waals surface area contributed by atoms with Crippen LogP contribution in [0.15, 0.2) is 34.1 Å². The summed E-state index contributed by atoms with van der Waals surface area (Å²) in [5.74, 6) is 0.936. The summed E-state index contributed by atoms with van der Waals surface area (Å²) >= 11 is 3.10. The van der Waals surface area contributed by atoms with Crippen molar-refractivity contribution in [2.24, 2.45) is 0 Å². The molecule has 118 valence electrons. The maximum absolute atomic E-state index is 12.0. The minimum Gasteiger partial charge on any atom is -0.420 e. The Bertz CT molecular complexity index is 832. The summed E-state index contributed by atoms with van der Waals surface area (Å²) in [7, 11) is 0. The zero-order valence-corrected chi connectivity index (χ0v) is 14.3. The van der Waals surface area contributed by atoms with Crippen LogP contribution in [0, 0.1) is 6.92 Å². The third-order valence-corrected chi connectivity index (χ3v) is 4.97. The number of carbonyl (C=O) groups is 1. The van der Waals surface area contributed by atoms with Gasteiger partial charge in [0.25, 0.3) is 5.89 Å². The molecule has 7 heteroatoms. The van der Waals surface area contributed by atoms with Crippen molar-refractivity contribution in [2.75, 3.05) is 5.32 Å². The van der Waals surface area contributed by atoms with Gasteiger partial charge >= 0.3 is 0 Å². The molecule has 3 aromatic heterocycles. The minimum absolute atomic E-state index is 0.161. The Kier molecular flexibility index (Phi) is 4.68. The number of carbonyl (C=O) groups excluding carboxylic acids is 1. The first-order valence-electron chi connectivity index (χ1n) is 7.11. The summed E-state index contributed by atoms with van der Waals surface area (Å²) < 4.78 is 5.55. The molecule has 0 spiro atoms. The summed E-state index contributed by atoms with van der Waals surface area (Å²) in [4.78, 5) is 14.9. The lowest BCUT2D eigenvalue weighted by Gasteiger charge is -1.99. The predicted molar refractivity (Wildman–Crippen MR) is 93.7 cm³/mol. The van der Waals surface area contributed by atoms with E-state index in [2.05, 4.69) is 15.5 Å². The van der Waals surface area contributed by atoms with Crippen LogP contribution in [0.1, 0.15) is 22.6 Å². The maximum atomic E-state index is 12.0. The molecule has 0 atom stereocenters. The molecule has 23 heavy (non-hydrogen) atoms. The largest absolute Gasteiger partial charge is 0.420 e. The van der Waals surface area contributed by atoms with Crippen LogP contribution >= 0.6 is 22.7 Å². The van der Waals surface area contributed by atoms with E-state index in [-0.39, 0.29) is 5.91 Å². The van der Waals surface area contributed by atoms with Gasteiger partial charge < -0.3 is 9.73 Å². The lowest BCUT2D eigenvalue weighted by molar-refractivity contribution is -0.111. The maximum Gasteiger partial charge on any atom is 0.257 e. The molecule has 0 radical (unpaired) electrons. The molecular weight excluding hydrogens is 330 g/mol. The number of nitrogens with zero attached hydrogens (tertiary/aromatic N) is 2. The second kappa shape index (κ2) is 6.89. The van der Waals surface area contributed by atoms with Gasteiger partial charge in [-0.1, -0.05) is 13.0 Å². The fourth-order valence-corrected chi connectivity index (χ4v) is 3.44. The number of anilines is 1. The van der Waals surface area contributed by atoms with Crippen molar-refractivity contribution < 1.29 is 9.21 Å². The highest BCUT2D eigenvalue weighted by atomic mass is 32.1. The Labute approximate surface area is 141 Å². The van der Waals surface area contributed by atoms with E-state index in [1.807, 2.05) is 37.4 Å². The quantitative estimate of drug-likeness (QED) is 0.697. The molecule has 0 bridgehead atoms. The molecule has 0 aromatic carbocycles. The van der Waals surface area contributed by atoms with Crippen LogP contribution in [0.4, 0.5) is 5.69 Å². The molecule has 1 N–H and O–H groups in total. The predicted octanol–water partition coefficient (Wildman–Crippen LogP) is 4.38. The van der Waals surface area contributed by atoms with Gasteiger partial charge in [0, 0.05) is 22.3 Å². The van der Waals surface area contributed by atoms with E-state index in [4.69, 9.17) is 4.42 Å². The molecule has 0 aliphatic rings. The van der Waals surface area contributed by atoms with Crippen LogP contribution in [0.5, 0.6) is 0 Å². The Morgan fingerprint density at radius 3 is 3.00 bits per heavy atom. The lowest BCUT2D eigenvalue weighted by atomic mass is 10.3. The van der Waals surface area contributed by atoms with Gasteiger partial charge in [0.1, 0.15) is 0 Å². The number of amides is 1. The lowest BCUT2D eigenvalue weighted by Crippen LogP contribution is -2.07. The zero-order valence-electron chi connectivity index (χ0n) is 12.7. The van der Waals surface area contributed by atoms with Crippen LogP contribution in [0.2, 0.25) is 0 Å². The number of aryl methyl sites for hydroxylation is 2. The van der Waals surface area contributed by atoms with Crippen molar-refractivity contribution in [3.63, 3.8) is 0 Å². The number of aromatic nitrogens is 2. The van der Waals surface area contributed by atoms with Crippen LogP contribution < -0.4 is 5.32 Å². The van der Waals surface area contributed by atoms with Gasteiger partial charge in [-0.05, 0) is 30.5 Å². The topological polar surface area (TPSA) is 68.0 Å². The minimum atomic E-state index is -0.161. The standard InChI is InChI=1S/C16H15N3O2S2/c1-3-15-18-19-16(21-15)13-9-12(10(2)23-13)17-14(20)7-6-11-5-4-8-22-11/h4-9H,3H2,1-2H3,(H,17,20).